The topological polar surface area (TPSA) is 21.3 Å². The van der Waals surface area contributed by atoms with Gasteiger partial charge in [-0.3, -0.25) is 0 Å². The van der Waals surface area contributed by atoms with Crippen LogP contribution in [0, 0.1) is 6.92 Å². The fourth-order valence-corrected chi connectivity index (χ4v) is 9.84. The molecule has 7 rings (SSSR count). The van der Waals surface area contributed by atoms with Crippen molar-refractivity contribution in [1.29, 1.82) is 0 Å². The maximum absolute atomic E-state index is 18.3. The van der Waals surface area contributed by atoms with Crippen LogP contribution in [0.5, 0.6) is 5.75 Å². The summed E-state index contributed by atoms with van der Waals surface area (Å²) < 4.78 is 25.0. The van der Waals surface area contributed by atoms with Gasteiger partial charge in [0.05, 0.1) is 0 Å². The molecule has 6 aromatic carbocycles. The molecule has 1 N–H and O–H groups in total. The molecular weight excluding hydrogens is 536 g/mol. The van der Waals surface area contributed by atoms with Crippen LogP contribution >= 0.6 is 7.29 Å². The SMILES string of the molecule is Cc1cc(C(c2ccccc2)(c2ccccc2)c2ccccc2)cc2c1OP(F)(c1ccccc1)(c1ccccc1)N2. The molecule has 0 radical (unpaired) electrons. The van der Waals surface area contributed by atoms with Gasteiger partial charge in [0.15, 0.2) is 0 Å². The summed E-state index contributed by atoms with van der Waals surface area (Å²) in [5.74, 6) is 0.551. The number of aryl methyl sites for hydroxylation is 1. The van der Waals surface area contributed by atoms with Gasteiger partial charge < -0.3 is 0 Å². The average Bonchev–Trinajstić information content (AvgIpc) is 3.40. The van der Waals surface area contributed by atoms with Gasteiger partial charge in [-0.15, -0.1) is 0 Å². The van der Waals surface area contributed by atoms with Gasteiger partial charge in [0.1, 0.15) is 0 Å². The zero-order valence-corrected chi connectivity index (χ0v) is 24.2. The van der Waals surface area contributed by atoms with E-state index in [4.69, 9.17) is 4.52 Å². The number of rotatable bonds is 6. The fraction of sp³-hybridized carbons (Fsp3) is 0.0526. The van der Waals surface area contributed by atoms with Gasteiger partial charge in [-0.1, -0.05) is 0 Å². The predicted octanol–water partition coefficient (Wildman–Crippen LogP) is 9.10. The van der Waals surface area contributed by atoms with Crippen molar-refractivity contribution in [3.63, 3.8) is 0 Å². The average molecular weight is 568 g/mol. The molecule has 0 unspecified atom stereocenters. The Bertz CT molecular complexity index is 1710. The van der Waals surface area contributed by atoms with E-state index in [-0.39, 0.29) is 0 Å². The summed E-state index contributed by atoms with van der Waals surface area (Å²) in [6, 6.07) is 54.5. The van der Waals surface area contributed by atoms with Gasteiger partial charge in [-0.05, 0) is 0 Å². The van der Waals surface area contributed by atoms with Crippen LogP contribution in [0.2, 0.25) is 0 Å². The second-order valence-corrected chi connectivity index (χ2v) is 14.1. The molecule has 1 heterocycles. The van der Waals surface area contributed by atoms with Crippen molar-refractivity contribution in [3.05, 3.63) is 192 Å². The number of hydrogen-bond acceptors (Lipinski definition) is 2. The number of nitrogens with one attached hydrogen (secondary N) is 1. The van der Waals surface area contributed by atoms with Gasteiger partial charge in [-0.2, -0.15) is 0 Å². The van der Waals surface area contributed by atoms with Crippen molar-refractivity contribution in [1.82, 2.24) is 0 Å². The van der Waals surface area contributed by atoms with E-state index in [2.05, 4.69) is 90.0 Å². The Morgan fingerprint density at radius 2 is 0.905 bits per heavy atom. The minimum absolute atomic E-state index is 0.507. The maximum atomic E-state index is 18.3. The van der Waals surface area contributed by atoms with Gasteiger partial charge in [0.25, 0.3) is 0 Å². The molecule has 0 aromatic heterocycles. The standard InChI is InChI=1S/C38H31FNOP/c1-29-27-33(38(30-17-7-2-8-18-30,31-19-9-3-10-20-31)32-21-11-4-12-22-32)28-36-37(29)41-42(39,40-36,34-23-13-5-14-24-34)35-25-15-6-16-26-35/h2-28,40H,1H3. The molecule has 4 heteroatoms. The first-order valence-electron chi connectivity index (χ1n) is 14.2. The molecule has 0 saturated heterocycles. The van der Waals surface area contributed by atoms with Gasteiger partial charge >= 0.3 is 247 Å². The third kappa shape index (κ3) is 3.89. The molecule has 1 aliphatic rings. The second-order valence-electron chi connectivity index (χ2n) is 10.8. The first-order valence-corrected chi connectivity index (χ1v) is 16.2. The van der Waals surface area contributed by atoms with Crippen LogP contribution in [0.4, 0.5) is 9.88 Å². The van der Waals surface area contributed by atoms with E-state index in [1.165, 1.54) is 0 Å². The van der Waals surface area contributed by atoms with E-state index >= 15 is 4.20 Å². The monoisotopic (exact) mass is 567 g/mol. The Labute approximate surface area is 246 Å². The van der Waals surface area contributed by atoms with E-state index in [0.717, 1.165) is 27.8 Å². The van der Waals surface area contributed by atoms with Crippen LogP contribution in [-0.2, 0) is 5.41 Å². The van der Waals surface area contributed by atoms with E-state index in [9.17, 15) is 0 Å². The summed E-state index contributed by atoms with van der Waals surface area (Å²) in [5, 5.41) is 4.42. The van der Waals surface area contributed by atoms with Gasteiger partial charge in [-0.25, -0.2) is 0 Å². The Balaban J connectivity index is 1.52. The molecule has 42 heavy (non-hydrogen) atoms. The van der Waals surface area contributed by atoms with E-state index in [1.54, 1.807) is 0 Å². The number of anilines is 1. The first-order chi connectivity index (χ1) is 20.5. The van der Waals surface area contributed by atoms with Crippen molar-refractivity contribution >= 4 is 23.6 Å². The molecule has 206 valence electrons. The minimum atomic E-state index is -4.81. The third-order valence-corrected chi connectivity index (χ3v) is 12.0. The Hall–Kier alpha value is -4.72. The summed E-state index contributed by atoms with van der Waals surface area (Å²) >= 11 is 0. The van der Waals surface area contributed by atoms with E-state index in [1.807, 2.05) is 85.8 Å². The van der Waals surface area contributed by atoms with Crippen molar-refractivity contribution in [2.45, 2.75) is 12.3 Å². The van der Waals surface area contributed by atoms with Crippen LogP contribution in [0.15, 0.2) is 164 Å². The predicted molar refractivity (Wildman–Crippen MR) is 174 cm³/mol. The van der Waals surface area contributed by atoms with Crippen LogP contribution < -0.4 is 20.2 Å². The molecule has 0 spiro atoms. The number of fused-ring (bicyclic) bond motifs is 1. The normalized spacial score (nSPS) is 15.8. The van der Waals surface area contributed by atoms with Crippen LogP contribution in [0.25, 0.3) is 0 Å². The summed E-state index contributed by atoms with van der Waals surface area (Å²) in [6.07, 6.45) is 0. The Kier molecular flexibility index (Phi) is 6.22. The summed E-state index contributed by atoms with van der Waals surface area (Å²) in [4.78, 5) is 0. The van der Waals surface area contributed by atoms with E-state index < -0.39 is 12.7 Å². The Morgan fingerprint density at radius 3 is 1.31 bits per heavy atom. The fourth-order valence-electron chi connectivity index (χ4n) is 6.44. The summed E-state index contributed by atoms with van der Waals surface area (Å²) in [5.41, 5.74) is 5.30. The van der Waals surface area contributed by atoms with Crippen molar-refractivity contribution in [2.75, 3.05) is 5.09 Å². The number of hydrogen-bond donors (Lipinski definition) is 1. The molecular formula is C38H31FNOP. The van der Waals surface area contributed by atoms with E-state index in [0.29, 0.717) is 22.0 Å². The molecule has 0 fully saturated rings. The molecule has 0 bridgehead atoms. The molecule has 0 amide bonds. The summed E-state index contributed by atoms with van der Waals surface area (Å²) in [7, 11) is -4.81. The molecule has 2 nitrogen and oxygen atoms in total. The van der Waals surface area contributed by atoms with Gasteiger partial charge in [0.2, 0.25) is 0 Å². The molecule has 0 aliphatic carbocycles. The van der Waals surface area contributed by atoms with Crippen LogP contribution in [0.1, 0.15) is 27.8 Å². The summed E-state index contributed by atoms with van der Waals surface area (Å²) in [6.45, 7) is 2.01. The zero-order chi connectivity index (χ0) is 28.6. The third-order valence-electron chi connectivity index (χ3n) is 8.35. The van der Waals surface area contributed by atoms with Gasteiger partial charge in [0, 0.05) is 0 Å². The van der Waals surface area contributed by atoms with Crippen molar-refractivity contribution in [2.24, 2.45) is 0 Å². The van der Waals surface area contributed by atoms with Crippen LogP contribution in [-0.4, -0.2) is 0 Å². The number of benzene rings is 6. The Morgan fingerprint density at radius 1 is 0.524 bits per heavy atom. The zero-order valence-electron chi connectivity index (χ0n) is 23.3. The molecule has 0 saturated carbocycles. The second kappa shape index (κ2) is 9.98. The van der Waals surface area contributed by atoms with Crippen LogP contribution in [0.3, 0.4) is 0 Å². The molecule has 6 aromatic rings. The van der Waals surface area contributed by atoms with Crippen molar-refractivity contribution < 1.29 is 8.72 Å². The van der Waals surface area contributed by atoms with Crippen molar-refractivity contribution in [3.8, 4) is 5.75 Å². The molecule has 1 aliphatic heterocycles. The first kappa shape index (κ1) is 26.2. The quantitative estimate of drug-likeness (QED) is 0.160. The number of halogens is 1. The molecule has 0 atom stereocenters.